The Labute approximate surface area is 197 Å². The third-order valence-electron chi connectivity index (χ3n) is 7.40. The molecule has 2 aromatic carbocycles. The standard InChI is InChI=1S/C26H26ClN3OS/c1-31-23-8-2-18(3-9-23)24-15-32-26(30(24)22-6-4-21(27)5-7-22)29-28-25-19-11-16-10-17(13-19)14-20(25)12-16/h2-9,15-17,19-20H,10-14H2,1H3/b28-25?,29-26-. The molecule has 4 aliphatic rings. The fraction of sp³-hybridized carbons (Fsp3) is 0.385. The van der Waals surface area contributed by atoms with Crippen molar-refractivity contribution in [3.63, 3.8) is 0 Å². The van der Waals surface area contributed by atoms with Crippen molar-refractivity contribution < 1.29 is 4.74 Å². The molecule has 1 heterocycles. The lowest BCUT2D eigenvalue weighted by atomic mass is 9.55. The number of rotatable bonds is 4. The maximum atomic E-state index is 6.17. The van der Waals surface area contributed by atoms with Gasteiger partial charge in [-0.2, -0.15) is 5.10 Å². The number of benzene rings is 2. The van der Waals surface area contributed by atoms with Crippen LogP contribution in [0.15, 0.2) is 64.1 Å². The van der Waals surface area contributed by atoms with Gasteiger partial charge in [0.05, 0.1) is 12.8 Å². The van der Waals surface area contributed by atoms with Gasteiger partial charge in [-0.25, -0.2) is 0 Å². The lowest BCUT2D eigenvalue weighted by molar-refractivity contribution is 0.108. The van der Waals surface area contributed by atoms with Crippen LogP contribution in [0, 0.1) is 23.7 Å². The molecule has 1 aromatic heterocycles. The molecule has 0 unspecified atom stereocenters. The van der Waals surface area contributed by atoms with Crippen molar-refractivity contribution in [2.45, 2.75) is 32.1 Å². The summed E-state index contributed by atoms with van der Waals surface area (Å²) in [4.78, 5) is 0.888. The number of methoxy groups -OCH3 is 1. The van der Waals surface area contributed by atoms with E-state index < -0.39 is 0 Å². The monoisotopic (exact) mass is 463 g/mol. The van der Waals surface area contributed by atoms with Crippen LogP contribution in [-0.2, 0) is 0 Å². The van der Waals surface area contributed by atoms with Crippen LogP contribution < -0.4 is 9.54 Å². The van der Waals surface area contributed by atoms with Gasteiger partial charge >= 0.3 is 0 Å². The summed E-state index contributed by atoms with van der Waals surface area (Å²) in [6.45, 7) is 0. The molecule has 0 atom stereocenters. The first-order valence-electron chi connectivity index (χ1n) is 11.4. The van der Waals surface area contributed by atoms with Crippen LogP contribution in [-0.4, -0.2) is 17.4 Å². The lowest BCUT2D eigenvalue weighted by Gasteiger charge is -2.50. The summed E-state index contributed by atoms with van der Waals surface area (Å²) in [7, 11) is 1.69. The van der Waals surface area contributed by atoms with Gasteiger partial charge in [-0.15, -0.1) is 16.4 Å². The van der Waals surface area contributed by atoms with Gasteiger partial charge in [0.25, 0.3) is 0 Å². The Morgan fingerprint density at radius 3 is 2.16 bits per heavy atom. The summed E-state index contributed by atoms with van der Waals surface area (Å²) in [6, 6.07) is 16.1. The van der Waals surface area contributed by atoms with Crippen LogP contribution in [0.5, 0.6) is 5.75 Å². The van der Waals surface area contributed by atoms with Gasteiger partial charge in [-0.05, 0) is 110 Å². The third kappa shape index (κ3) is 3.61. The van der Waals surface area contributed by atoms with E-state index >= 15 is 0 Å². The number of thiazole rings is 1. The summed E-state index contributed by atoms with van der Waals surface area (Å²) in [5.41, 5.74) is 4.59. The predicted octanol–water partition coefficient (Wildman–Crippen LogP) is 6.58. The van der Waals surface area contributed by atoms with E-state index in [2.05, 4.69) is 22.1 Å². The molecule has 0 amide bonds. The van der Waals surface area contributed by atoms with E-state index in [-0.39, 0.29) is 0 Å². The van der Waals surface area contributed by atoms with Crippen molar-refractivity contribution in [2.75, 3.05) is 7.11 Å². The topological polar surface area (TPSA) is 38.9 Å². The molecule has 4 aliphatic carbocycles. The second-order valence-corrected chi connectivity index (χ2v) is 10.6. The van der Waals surface area contributed by atoms with Crippen molar-refractivity contribution >= 4 is 28.6 Å². The number of nitrogens with zero attached hydrogens (tertiary/aromatic N) is 3. The molecule has 32 heavy (non-hydrogen) atoms. The number of ether oxygens (including phenoxy) is 1. The number of halogens is 1. The molecule has 0 aliphatic heterocycles. The molecule has 3 aromatic rings. The molecule has 6 heteroatoms. The van der Waals surface area contributed by atoms with Crippen LogP contribution in [0.2, 0.25) is 5.02 Å². The fourth-order valence-electron chi connectivity index (χ4n) is 6.11. The minimum Gasteiger partial charge on any atom is -0.497 e. The molecule has 4 nitrogen and oxygen atoms in total. The van der Waals surface area contributed by atoms with E-state index in [1.165, 1.54) is 37.8 Å². The van der Waals surface area contributed by atoms with E-state index in [4.69, 9.17) is 26.5 Å². The molecule has 7 rings (SSSR count). The van der Waals surface area contributed by atoms with E-state index in [1.54, 1.807) is 18.4 Å². The average Bonchev–Trinajstić information content (AvgIpc) is 3.22. The number of hydrogen-bond acceptors (Lipinski definition) is 4. The van der Waals surface area contributed by atoms with Crippen LogP contribution in [0.3, 0.4) is 0 Å². The summed E-state index contributed by atoms with van der Waals surface area (Å²) in [5, 5.41) is 12.6. The van der Waals surface area contributed by atoms with Crippen molar-refractivity contribution in [3.8, 4) is 22.7 Å². The fourth-order valence-corrected chi connectivity index (χ4v) is 7.10. The highest BCUT2D eigenvalue weighted by molar-refractivity contribution is 7.07. The molecular weight excluding hydrogens is 438 g/mol. The Hall–Kier alpha value is -2.37. The molecule has 0 radical (unpaired) electrons. The second-order valence-electron chi connectivity index (χ2n) is 9.37. The smallest absolute Gasteiger partial charge is 0.215 e. The van der Waals surface area contributed by atoms with Crippen molar-refractivity contribution in [2.24, 2.45) is 33.9 Å². The minimum atomic E-state index is 0.653. The van der Waals surface area contributed by atoms with Crippen molar-refractivity contribution in [1.82, 2.24) is 4.57 Å². The van der Waals surface area contributed by atoms with Gasteiger partial charge < -0.3 is 4.74 Å². The van der Waals surface area contributed by atoms with Crippen LogP contribution in [0.25, 0.3) is 16.9 Å². The average molecular weight is 464 g/mol. The molecule has 164 valence electrons. The zero-order valence-electron chi connectivity index (χ0n) is 18.1. The Morgan fingerprint density at radius 1 is 0.875 bits per heavy atom. The molecule has 4 fully saturated rings. The third-order valence-corrected chi connectivity index (χ3v) is 8.47. The van der Waals surface area contributed by atoms with Gasteiger partial charge in [0.2, 0.25) is 4.80 Å². The Bertz CT molecular complexity index is 1190. The minimum absolute atomic E-state index is 0.653. The first kappa shape index (κ1) is 20.3. The lowest BCUT2D eigenvalue weighted by Crippen LogP contribution is -2.45. The molecule has 0 N–H and O–H groups in total. The highest BCUT2D eigenvalue weighted by Gasteiger charge is 2.46. The van der Waals surface area contributed by atoms with E-state index in [0.29, 0.717) is 11.8 Å². The van der Waals surface area contributed by atoms with Gasteiger partial charge in [-0.3, -0.25) is 4.57 Å². The van der Waals surface area contributed by atoms with Crippen LogP contribution in [0.1, 0.15) is 32.1 Å². The summed E-state index contributed by atoms with van der Waals surface area (Å²) >= 11 is 7.80. The Morgan fingerprint density at radius 2 is 1.53 bits per heavy atom. The normalized spacial score (nSPS) is 26.6. The highest BCUT2D eigenvalue weighted by Crippen LogP contribution is 2.52. The summed E-state index contributed by atoms with van der Waals surface area (Å²) in [6.07, 6.45) is 6.73. The van der Waals surface area contributed by atoms with E-state index in [1.807, 2.05) is 36.4 Å². The van der Waals surface area contributed by atoms with Crippen molar-refractivity contribution in [3.05, 3.63) is 63.7 Å². The molecular formula is C26H26ClN3OS. The molecule has 0 spiro atoms. The quantitative estimate of drug-likeness (QED) is 0.402. The zero-order chi connectivity index (χ0) is 21.7. The summed E-state index contributed by atoms with van der Waals surface area (Å²) in [5.74, 6) is 4.01. The van der Waals surface area contributed by atoms with Crippen molar-refractivity contribution in [1.29, 1.82) is 0 Å². The van der Waals surface area contributed by atoms with Gasteiger partial charge in [0.1, 0.15) is 5.75 Å². The number of aromatic nitrogens is 1. The molecule has 0 saturated heterocycles. The maximum absolute atomic E-state index is 6.17. The van der Waals surface area contributed by atoms with Gasteiger partial charge in [-0.1, -0.05) is 11.6 Å². The van der Waals surface area contributed by atoms with Gasteiger partial charge in [0, 0.05) is 21.8 Å². The highest BCUT2D eigenvalue weighted by atomic mass is 35.5. The maximum Gasteiger partial charge on any atom is 0.215 e. The van der Waals surface area contributed by atoms with E-state index in [9.17, 15) is 0 Å². The first-order valence-corrected chi connectivity index (χ1v) is 12.7. The Kier molecular flexibility index (Phi) is 5.19. The van der Waals surface area contributed by atoms with Crippen LogP contribution in [0.4, 0.5) is 0 Å². The van der Waals surface area contributed by atoms with Gasteiger partial charge in [0.15, 0.2) is 0 Å². The zero-order valence-corrected chi connectivity index (χ0v) is 19.6. The molecule has 4 saturated carbocycles. The first-order chi connectivity index (χ1) is 15.7. The summed E-state index contributed by atoms with van der Waals surface area (Å²) < 4.78 is 7.52. The second kappa shape index (κ2) is 8.20. The van der Waals surface area contributed by atoms with Crippen LogP contribution >= 0.6 is 22.9 Å². The van der Waals surface area contributed by atoms with E-state index in [0.717, 1.165) is 44.4 Å². The number of hydrogen-bond donors (Lipinski definition) is 0. The largest absolute Gasteiger partial charge is 0.497 e. The molecule has 4 bridgehead atoms. The Balaban J connectivity index is 1.44. The SMILES string of the molecule is COc1ccc(-c2cs/c(=N\N=C3C4CC5CC(C4)CC3C5)n2-c2ccc(Cl)cc2)cc1. The predicted molar refractivity (Wildman–Crippen MR) is 131 cm³/mol.